The SMILES string of the molecule is [B]C1(C)CC(CCC)C(C(=C)C)C1. The van der Waals surface area contributed by atoms with E-state index in [-0.39, 0.29) is 5.31 Å². The first-order valence-corrected chi connectivity index (χ1v) is 5.40. The molecule has 1 fully saturated rings. The van der Waals surface area contributed by atoms with Crippen molar-refractivity contribution >= 4 is 7.85 Å². The maximum absolute atomic E-state index is 6.19. The third-order valence-corrected chi connectivity index (χ3v) is 3.28. The Labute approximate surface area is 84.2 Å². The number of allylic oxidation sites excluding steroid dienone is 1. The molecule has 2 radical (unpaired) electrons. The molecule has 72 valence electrons. The largest absolute Gasteiger partial charge is 0.0999 e. The highest BCUT2D eigenvalue weighted by Crippen LogP contribution is 2.52. The quantitative estimate of drug-likeness (QED) is 0.454. The summed E-state index contributed by atoms with van der Waals surface area (Å²) in [6, 6.07) is 0. The summed E-state index contributed by atoms with van der Waals surface area (Å²) < 4.78 is 0. The molecular formula is C12H21B. The Morgan fingerprint density at radius 2 is 2.15 bits per heavy atom. The Morgan fingerprint density at radius 3 is 2.62 bits per heavy atom. The van der Waals surface area contributed by atoms with Crippen molar-refractivity contribution in [2.24, 2.45) is 11.8 Å². The van der Waals surface area contributed by atoms with E-state index in [1.165, 1.54) is 24.8 Å². The van der Waals surface area contributed by atoms with E-state index in [2.05, 4.69) is 27.4 Å². The molecule has 0 aromatic rings. The minimum Gasteiger partial charge on any atom is -0.0999 e. The molecule has 1 rings (SSSR count). The predicted molar refractivity (Wildman–Crippen MR) is 60.1 cm³/mol. The average Bonchev–Trinajstić information content (AvgIpc) is 2.26. The van der Waals surface area contributed by atoms with Crippen LogP contribution in [0, 0.1) is 11.8 Å². The van der Waals surface area contributed by atoms with Crippen LogP contribution in [0.1, 0.15) is 46.5 Å². The number of rotatable bonds is 3. The summed E-state index contributed by atoms with van der Waals surface area (Å²) in [4.78, 5) is 0. The molecule has 0 nitrogen and oxygen atoms in total. The maximum Gasteiger partial charge on any atom is 0.0742 e. The van der Waals surface area contributed by atoms with Crippen molar-refractivity contribution in [1.29, 1.82) is 0 Å². The summed E-state index contributed by atoms with van der Waals surface area (Å²) in [5, 5.41) is 0.0590. The molecule has 0 aromatic carbocycles. The van der Waals surface area contributed by atoms with Gasteiger partial charge in [0.1, 0.15) is 0 Å². The maximum atomic E-state index is 6.19. The average molecular weight is 176 g/mol. The van der Waals surface area contributed by atoms with Crippen LogP contribution >= 0.6 is 0 Å². The van der Waals surface area contributed by atoms with Gasteiger partial charge in [0, 0.05) is 0 Å². The number of hydrogen-bond acceptors (Lipinski definition) is 0. The second kappa shape index (κ2) is 3.90. The van der Waals surface area contributed by atoms with Crippen molar-refractivity contribution in [2.45, 2.75) is 51.8 Å². The Hall–Kier alpha value is -0.195. The van der Waals surface area contributed by atoms with Crippen molar-refractivity contribution in [3.8, 4) is 0 Å². The second-order valence-corrected chi connectivity index (χ2v) is 5.06. The lowest BCUT2D eigenvalue weighted by Gasteiger charge is -2.18. The lowest BCUT2D eigenvalue weighted by Crippen LogP contribution is -2.07. The van der Waals surface area contributed by atoms with Gasteiger partial charge in [-0.15, -0.1) is 0 Å². The summed E-state index contributed by atoms with van der Waals surface area (Å²) in [6.07, 6.45) is 4.89. The summed E-state index contributed by atoms with van der Waals surface area (Å²) >= 11 is 0. The van der Waals surface area contributed by atoms with Gasteiger partial charge in [-0.1, -0.05) is 50.6 Å². The summed E-state index contributed by atoms with van der Waals surface area (Å²) in [7, 11) is 6.19. The summed E-state index contributed by atoms with van der Waals surface area (Å²) in [5.74, 6) is 1.47. The van der Waals surface area contributed by atoms with E-state index >= 15 is 0 Å². The minimum atomic E-state index is 0.0590. The zero-order valence-corrected chi connectivity index (χ0v) is 9.27. The van der Waals surface area contributed by atoms with Crippen LogP contribution < -0.4 is 0 Å². The van der Waals surface area contributed by atoms with Crippen molar-refractivity contribution in [3.05, 3.63) is 12.2 Å². The van der Waals surface area contributed by atoms with Gasteiger partial charge in [0.2, 0.25) is 0 Å². The van der Waals surface area contributed by atoms with E-state index in [9.17, 15) is 0 Å². The lowest BCUT2D eigenvalue weighted by atomic mass is 9.68. The standard InChI is InChI=1S/C12H21B/c1-5-6-10-7-12(4,13)8-11(10)9(2)3/h10-11H,2,5-8H2,1,3-4H3. The third kappa shape index (κ3) is 2.62. The van der Waals surface area contributed by atoms with Gasteiger partial charge in [0.15, 0.2) is 0 Å². The highest BCUT2D eigenvalue weighted by atomic mass is 14.4. The molecule has 3 unspecified atom stereocenters. The van der Waals surface area contributed by atoms with Gasteiger partial charge in [0.05, 0.1) is 7.85 Å². The number of hydrogen-bond donors (Lipinski definition) is 0. The van der Waals surface area contributed by atoms with E-state index in [0.717, 1.165) is 12.3 Å². The lowest BCUT2D eigenvalue weighted by molar-refractivity contribution is 0.405. The fraction of sp³-hybridized carbons (Fsp3) is 0.833. The highest BCUT2D eigenvalue weighted by molar-refractivity contribution is 6.15. The zero-order chi connectivity index (χ0) is 10.1. The van der Waals surface area contributed by atoms with Gasteiger partial charge >= 0.3 is 0 Å². The molecular weight excluding hydrogens is 155 g/mol. The van der Waals surface area contributed by atoms with E-state index < -0.39 is 0 Å². The van der Waals surface area contributed by atoms with Crippen LogP contribution in [0.25, 0.3) is 0 Å². The van der Waals surface area contributed by atoms with E-state index in [1.807, 2.05) is 0 Å². The Balaban J connectivity index is 2.65. The van der Waals surface area contributed by atoms with Crippen molar-refractivity contribution in [3.63, 3.8) is 0 Å². The molecule has 0 heterocycles. The molecule has 0 saturated heterocycles. The van der Waals surface area contributed by atoms with Crippen LogP contribution in [0.5, 0.6) is 0 Å². The van der Waals surface area contributed by atoms with E-state index in [0.29, 0.717) is 5.92 Å². The second-order valence-electron chi connectivity index (χ2n) is 5.06. The minimum absolute atomic E-state index is 0.0590. The first-order valence-electron chi connectivity index (χ1n) is 5.40. The van der Waals surface area contributed by atoms with Crippen LogP contribution in [0.4, 0.5) is 0 Å². The summed E-state index contributed by atoms with van der Waals surface area (Å²) in [6.45, 7) is 10.7. The smallest absolute Gasteiger partial charge is 0.0742 e. The molecule has 0 aromatic heterocycles. The monoisotopic (exact) mass is 176 g/mol. The van der Waals surface area contributed by atoms with Crippen LogP contribution in [0.2, 0.25) is 5.31 Å². The Kier molecular flexibility index (Phi) is 3.26. The first kappa shape index (κ1) is 10.9. The van der Waals surface area contributed by atoms with Crippen LogP contribution in [0.3, 0.4) is 0 Å². The van der Waals surface area contributed by atoms with Gasteiger partial charge in [-0.25, -0.2) is 0 Å². The molecule has 1 aliphatic rings. The Morgan fingerprint density at radius 1 is 1.54 bits per heavy atom. The first-order chi connectivity index (χ1) is 5.96. The molecule has 0 amide bonds. The molecule has 3 atom stereocenters. The van der Waals surface area contributed by atoms with Crippen molar-refractivity contribution < 1.29 is 0 Å². The predicted octanol–water partition coefficient (Wildman–Crippen LogP) is 3.74. The van der Waals surface area contributed by atoms with Crippen LogP contribution in [0.15, 0.2) is 12.2 Å². The molecule has 13 heavy (non-hydrogen) atoms. The molecule has 0 aliphatic heterocycles. The van der Waals surface area contributed by atoms with Gasteiger partial charge in [-0.05, 0) is 25.2 Å². The van der Waals surface area contributed by atoms with E-state index in [1.54, 1.807) is 0 Å². The third-order valence-electron chi connectivity index (χ3n) is 3.28. The molecule has 0 spiro atoms. The fourth-order valence-corrected chi connectivity index (χ4v) is 2.74. The Bertz CT molecular complexity index is 193. The molecule has 1 heteroatoms. The van der Waals surface area contributed by atoms with Gasteiger partial charge in [-0.3, -0.25) is 0 Å². The van der Waals surface area contributed by atoms with Crippen LogP contribution in [-0.2, 0) is 0 Å². The topological polar surface area (TPSA) is 0 Å². The molecule has 1 saturated carbocycles. The molecule has 0 N–H and O–H groups in total. The van der Waals surface area contributed by atoms with Gasteiger partial charge in [0.25, 0.3) is 0 Å². The van der Waals surface area contributed by atoms with Gasteiger partial charge in [-0.2, -0.15) is 0 Å². The van der Waals surface area contributed by atoms with Crippen molar-refractivity contribution in [1.82, 2.24) is 0 Å². The van der Waals surface area contributed by atoms with Crippen LogP contribution in [-0.4, -0.2) is 7.85 Å². The van der Waals surface area contributed by atoms with Gasteiger partial charge < -0.3 is 0 Å². The van der Waals surface area contributed by atoms with E-state index in [4.69, 9.17) is 7.85 Å². The fourth-order valence-electron chi connectivity index (χ4n) is 2.74. The molecule has 0 bridgehead atoms. The highest BCUT2D eigenvalue weighted by Gasteiger charge is 2.37. The normalized spacial score (nSPS) is 39.3. The molecule has 1 aliphatic carbocycles. The zero-order valence-electron chi connectivity index (χ0n) is 9.27. The summed E-state index contributed by atoms with van der Waals surface area (Å²) in [5.41, 5.74) is 1.33. The van der Waals surface area contributed by atoms with Crippen molar-refractivity contribution in [2.75, 3.05) is 0 Å².